The van der Waals surface area contributed by atoms with Crippen LogP contribution in [-0.2, 0) is 11.2 Å². The predicted octanol–water partition coefficient (Wildman–Crippen LogP) is 4.42. The number of carbonyl (C=O) groups is 1. The zero-order valence-electron chi connectivity index (χ0n) is 19.3. The van der Waals surface area contributed by atoms with E-state index in [9.17, 15) is 4.79 Å². The Morgan fingerprint density at radius 1 is 1.15 bits per heavy atom. The Kier molecular flexibility index (Phi) is 5.93. The third-order valence-electron chi connectivity index (χ3n) is 7.24. The monoisotopic (exact) mass is 474 g/mol. The van der Waals surface area contributed by atoms with Gasteiger partial charge in [0.15, 0.2) is 0 Å². The van der Waals surface area contributed by atoms with E-state index in [2.05, 4.69) is 55.8 Å². The van der Waals surface area contributed by atoms with Crippen molar-refractivity contribution in [3.05, 3.63) is 53.2 Å². The molecule has 3 aliphatic rings. The first-order chi connectivity index (χ1) is 16.7. The standard InChI is InChI=1S/C26H30N6OS/c33-25(16-31-10-2-1-3-11-31)32-12-7-18(8-13-32)23-15-20-21(6-9-27-26(20)30-23)29-19-4-5-22-24(14-19)34-17-28-22/h4-7,9,14,17,23H,1-3,8,10-13,15-16H2,(H2,27,29,30). The van der Waals surface area contributed by atoms with Crippen LogP contribution < -0.4 is 10.6 Å². The van der Waals surface area contributed by atoms with Gasteiger partial charge in [-0.05, 0) is 62.2 Å². The minimum absolute atomic E-state index is 0.244. The third-order valence-corrected chi connectivity index (χ3v) is 8.03. The van der Waals surface area contributed by atoms with Crippen LogP contribution in [0.15, 0.2) is 47.6 Å². The molecule has 2 N–H and O–H groups in total. The highest BCUT2D eigenvalue weighted by atomic mass is 32.1. The van der Waals surface area contributed by atoms with Gasteiger partial charge in [0.2, 0.25) is 5.91 Å². The molecule has 1 saturated heterocycles. The van der Waals surface area contributed by atoms with Gasteiger partial charge in [-0.2, -0.15) is 0 Å². The normalized spacial score (nSPS) is 20.6. The number of amides is 1. The molecule has 6 rings (SSSR count). The number of pyridine rings is 1. The van der Waals surface area contributed by atoms with Crippen LogP contribution in [0.3, 0.4) is 0 Å². The number of fused-ring (bicyclic) bond motifs is 2. The van der Waals surface area contributed by atoms with Gasteiger partial charge in [-0.25, -0.2) is 9.97 Å². The van der Waals surface area contributed by atoms with Gasteiger partial charge in [0.05, 0.1) is 28.3 Å². The molecule has 8 heteroatoms. The number of nitrogens with zero attached hydrogens (tertiary/aromatic N) is 4. The smallest absolute Gasteiger partial charge is 0.237 e. The van der Waals surface area contributed by atoms with Crippen molar-refractivity contribution in [3.8, 4) is 0 Å². The first kappa shape index (κ1) is 21.6. The molecular formula is C26H30N6OS. The first-order valence-electron chi connectivity index (χ1n) is 12.3. The number of anilines is 3. The Labute approximate surface area is 203 Å². The lowest BCUT2D eigenvalue weighted by Crippen LogP contribution is -2.44. The zero-order chi connectivity index (χ0) is 22.9. The number of nitrogens with one attached hydrogen (secondary N) is 2. The van der Waals surface area contributed by atoms with Crippen LogP contribution in [-0.4, -0.2) is 64.4 Å². The first-order valence-corrected chi connectivity index (χ1v) is 13.1. The molecule has 0 saturated carbocycles. The molecule has 3 aliphatic heterocycles. The molecule has 1 unspecified atom stereocenters. The van der Waals surface area contributed by atoms with E-state index >= 15 is 0 Å². The SMILES string of the molecule is O=C(CN1CCCCC1)N1CC=C(C2Cc3c(Nc4ccc5ncsc5c4)ccnc3N2)CC1. The van der Waals surface area contributed by atoms with E-state index in [4.69, 9.17) is 0 Å². The van der Waals surface area contributed by atoms with E-state index in [0.29, 0.717) is 13.1 Å². The molecule has 7 nitrogen and oxygen atoms in total. The largest absolute Gasteiger partial charge is 0.363 e. The van der Waals surface area contributed by atoms with Crippen molar-refractivity contribution in [1.29, 1.82) is 0 Å². The Balaban J connectivity index is 1.10. The van der Waals surface area contributed by atoms with Gasteiger partial charge in [-0.3, -0.25) is 9.69 Å². The quantitative estimate of drug-likeness (QED) is 0.534. The molecule has 176 valence electrons. The van der Waals surface area contributed by atoms with Crippen LogP contribution >= 0.6 is 11.3 Å². The molecule has 3 aromatic rings. The van der Waals surface area contributed by atoms with Crippen LogP contribution in [0.1, 0.15) is 31.2 Å². The molecular weight excluding hydrogens is 444 g/mol. The molecule has 0 radical (unpaired) electrons. The van der Waals surface area contributed by atoms with Crippen molar-refractivity contribution < 1.29 is 4.79 Å². The average Bonchev–Trinajstić information content (AvgIpc) is 3.52. The summed E-state index contributed by atoms with van der Waals surface area (Å²) in [7, 11) is 0. The number of piperidine rings is 1. The molecule has 2 aromatic heterocycles. The van der Waals surface area contributed by atoms with Gasteiger partial charge in [-0.15, -0.1) is 11.3 Å². The average molecular weight is 475 g/mol. The van der Waals surface area contributed by atoms with Gasteiger partial charge >= 0.3 is 0 Å². The maximum atomic E-state index is 12.8. The maximum Gasteiger partial charge on any atom is 0.237 e. The predicted molar refractivity (Wildman–Crippen MR) is 138 cm³/mol. The molecule has 0 bridgehead atoms. The summed E-state index contributed by atoms with van der Waals surface area (Å²) in [6.07, 6.45) is 9.67. The lowest BCUT2D eigenvalue weighted by atomic mass is 9.97. The van der Waals surface area contributed by atoms with Crippen molar-refractivity contribution in [2.75, 3.05) is 43.4 Å². The molecule has 5 heterocycles. The number of hydrogen-bond acceptors (Lipinski definition) is 7. The number of benzene rings is 1. The number of thiazole rings is 1. The summed E-state index contributed by atoms with van der Waals surface area (Å²) in [5.74, 6) is 1.23. The van der Waals surface area contributed by atoms with E-state index in [1.54, 1.807) is 11.3 Å². The van der Waals surface area contributed by atoms with E-state index in [0.717, 1.165) is 55.2 Å². The topological polar surface area (TPSA) is 73.4 Å². The van der Waals surface area contributed by atoms with E-state index in [1.807, 2.05) is 16.6 Å². The molecule has 1 amide bonds. The Hall–Kier alpha value is -2.97. The van der Waals surface area contributed by atoms with Crippen molar-refractivity contribution >= 4 is 44.7 Å². The lowest BCUT2D eigenvalue weighted by Gasteiger charge is -2.32. The molecule has 1 aromatic carbocycles. The number of carbonyl (C=O) groups excluding carboxylic acids is 1. The summed E-state index contributed by atoms with van der Waals surface area (Å²) in [6, 6.07) is 8.58. The van der Waals surface area contributed by atoms with E-state index in [-0.39, 0.29) is 11.9 Å². The van der Waals surface area contributed by atoms with E-state index < -0.39 is 0 Å². The van der Waals surface area contributed by atoms with Crippen molar-refractivity contribution in [1.82, 2.24) is 19.8 Å². The zero-order valence-corrected chi connectivity index (χ0v) is 20.1. The van der Waals surface area contributed by atoms with Gasteiger partial charge in [0.25, 0.3) is 0 Å². The van der Waals surface area contributed by atoms with Crippen molar-refractivity contribution in [2.24, 2.45) is 0 Å². The Morgan fingerprint density at radius 3 is 2.91 bits per heavy atom. The second kappa shape index (κ2) is 9.35. The van der Waals surface area contributed by atoms with Crippen LogP contribution in [0, 0.1) is 0 Å². The van der Waals surface area contributed by atoms with Crippen LogP contribution in [0.25, 0.3) is 10.2 Å². The van der Waals surface area contributed by atoms with Crippen molar-refractivity contribution in [3.63, 3.8) is 0 Å². The summed E-state index contributed by atoms with van der Waals surface area (Å²) in [4.78, 5) is 26.1. The lowest BCUT2D eigenvalue weighted by molar-refractivity contribution is -0.132. The molecule has 1 atom stereocenters. The highest BCUT2D eigenvalue weighted by Gasteiger charge is 2.29. The fraction of sp³-hybridized carbons (Fsp3) is 0.423. The second-order valence-electron chi connectivity index (χ2n) is 9.45. The minimum atomic E-state index is 0.244. The van der Waals surface area contributed by atoms with E-state index in [1.165, 1.54) is 35.1 Å². The summed E-state index contributed by atoms with van der Waals surface area (Å²) in [5, 5.41) is 7.22. The highest BCUT2D eigenvalue weighted by molar-refractivity contribution is 7.16. The number of hydrogen-bond donors (Lipinski definition) is 2. The van der Waals surface area contributed by atoms with Crippen molar-refractivity contribution in [2.45, 2.75) is 38.1 Å². The third kappa shape index (κ3) is 4.40. The van der Waals surface area contributed by atoms with Crippen LogP contribution in [0.2, 0.25) is 0 Å². The summed E-state index contributed by atoms with van der Waals surface area (Å²) >= 11 is 1.65. The molecule has 34 heavy (non-hydrogen) atoms. The molecule has 1 fully saturated rings. The van der Waals surface area contributed by atoms with Gasteiger partial charge < -0.3 is 15.5 Å². The van der Waals surface area contributed by atoms with Gasteiger partial charge in [0, 0.05) is 42.6 Å². The number of rotatable bonds is 5. The second-order valence-corrected chi connectivity index (χ2v) is 10.3. The van der Waals surface area contributed by atoms with Gasteiger partial charge in [0.1, 0.15) is 5.82 Å². The maximum absolute atomic E-state index is 12.8. The Bertz CT molecular complexity index is 1230. The minimum Gasteiger partial charge on any atom is -0.363 e. The number of aromatic nitrogens is 2. The Morgan fingerprint density at radius 2 is 2.06 bits per heavy atom. The summed E-state index contributed by atoms with van der Waals surface area (Å²) in [6.45, 7) is 4.21. The van der Waals surface area contributed by atoms with Crippen LogP contribution in [0.5, 0.6) is 0 Å². The molecule has 0 spiro atoms. The molecule has 0 aliphatic carbocycles. The van der Waals surface area contributed by atoms with Crippen LogP contribution in [0.4, 0.5) is 17.2 Å². The summed E-state index contributed by atoms with van der Waals surface area (Å²) < 4.78 is 1.18. The van der Waals surface area contributed by atoms with Gasteiger partial charge in [-0.1, -0.05) is 12.5 Å². The fourth-order valence-corrected chi connectivity index (χ4v) is 6.03. The fourth-order valence-electron chi connectivity index (χ4n) is 5.31. The highest BCUT2D eigenvalue weighted by Crippen LogP contribution is 2.36. The summed E-state index contributed by atoms with van der Waals surface area (Å²) in [5.41, 5.74) is 7.68. The number of likely N-dealkylation sites (tertiary alicyclic amines) is 1.